The van der Waals surface area contributed by atoms with Gasteiger partial charge in [-0.15, -0.1) is 34.0 Å². The van der Waals surface area contributed by atoms with Crippen LogP contribution in [-0.4, -0.2) is 13.7 Å². The third-order valence-corrected chi connectivity index (χ3v) is 18.3. The van der Waals surface area contributed by atoms with Crippen LogP contribution in [0.25, 0.3) is 143 Å². The first-order chi connectivity index (χ1) is 34.7. The van der Waals surface area contributed by atoms with Crippen LogP contribution in [0.2, 0.25) is 0 Å². The zero-order valence-corrected chi connectivity index (χ0v) is 39.3. The lowest BCUT2D eigenvalue weighted by atomic mass is 10.0. The molecule has 0 unspecified atom stereocenters. The molecule has 10 aromatic carbocycles. The third-order valence-electron chi connectivity index (χ3n) is 14.7. The number of hydrogen-bond donors (Lipinski definition) is 0. The van der Waals surface area contributed by atoms with E-state index in [1.165, 1.54) is 60.5 Å². The highest BCUT2D eigenvalue weighted by atomic mass is 32.1. The Kier molecular flexibility index (Phi) is 7.60. The number of hydrogen-bond acceptors (Lipinski definition) is 5. The predicted octanol–water partition coefficient (Wildman–Crippen LogP) is 17.8. The first-order valence-corrected chi connectivity index (χ1v) is 25.7. The lowest BCUT2D eigenvalue weighted by Gasteiger charge is -2.22. The Morgan fingerprint density at radius 3 is 1.09 bits per heavy atom. The molecule has 0 amide bonds. The number of fused-ring (bicyclic) bond motifs is 21. The highest BCUT2D eigenvalue weighted by Gasteiger charge is 2.30. The molecule has 6 heterocycles. The predicted molar refractivity (Wildman–Crippen MR) is 298 cm³/mol. The molecule has 0 saturated heterocycles. The van der Waals surface area contributed by atoms with E-state index in [4.69, 9.17) is 0 Å². The van der Waals surface area contributed by atoms with E-state index >= 15 is 0 Å². The van der Waals surface area contributed by atoms with Crippen molar-refractivity contribution in [1.29, 1.82) is 10.5 Å². The molecule has 6 aromatic heterocycles. The van der Waals surface area contributed by atoms with Gasteiger partial charge in [-0.1, -0.05) is 127 Å². The number of aromatic nitrogens is 3. The van der Waals surface area contributed by atoms with Crippen molar-refractivity contribution in [2.75, 3.05) is 0 Å². The monoisotopic (exact) mass is 941 g/mol. The van der Waals surface area contributed by atoms with Crippen LogP contribution >= 0.6 is 34.0 Å². The number of nitriles is 2. The quantitative estimate of drug-likeness (QED) is 0.177. The molecule has 0 aliphatic heterocycles. The minimum atomic E-state index is 0.464. The fourth-order valence-electron chi connectivity index (χ4n) is 11.9. The van der Waals surface area contributed by atoms with Crippen molar-refractivity contribution in [2.45, 2.75) is 0 Å². The molecule has 322 valence electrons. The second-order valence-corrected chi connectivity index (χ2v) is 21.3. The molecule has 0 bridgehead atoms. The summed E-state index contributed by atoms with van der Waals surface area (Å²) in [4.78, 5) is 0. The SMILES string of the molecule is N#Cc1cc(-n2c3ccccc3c3c4sc5ccccc5c4ccc32)c(C#N)c(-n2c3ccccc3c3c4sc5ccccc5c4ccc32)c1-n1c2ccccc2c2c3sc4ccccc4c3ccc21. The fourth-order valence-corrected chi connectivity index (χ4v) is 15.7. The van der Waals surface area contributed by atoms with Gasteiger partial charge in [0.15, 0.2) is 0 Å². The van der Waals surface area contributed by atoms with E-state index in [0.29, 0.717) is 28.2 Å². The average molecular weight is 942 g/mol. The lowest BCUT2D eigenvalue weighted by Crippen LogP contribution is -2.12. The molecule has 0 fully saturated rings. The number of para-hydroxylation sites is 3. The molecule has 0 saturated carbocycles. The summed E-state index contributed by atoms with van der Waals surface area (Å²) in [6.07, 6.45) is 0. The molecule has 0 spiro atoms. The van der Waals surface area contributed by atoms with Crippen molar-refractivity contribution in [3.63, 3.8) is 0 Å². The first-order valence-electron chi connectivity index (χ1n) is 23.2. The van der Waals surface area contributed by atoms with Gasteiger partial charge in [0.2, 0.25) is 0 Å². The van der Waals surface area contributed by atoms with Gasteiger partial charge in [-0.25, -0.2) is 0 Å². The van der Waals surface area contributed by atoms with Gasteiger partial charge in [0.25, 0.3) is 0 Å². The Morgan fingerprint density at radius 1 is 0.314 bits per heavy atom. The van der Waals surface area contributed by atoms with Crippen LogP contribution in [-0.2, 0) is 0 Å². The van der Waals surface area contributed by atoms with Crippen molar-refractivity contribution in [3.8, 4) is 29.2 Å². The standard InChI is InChI=1S/C62H31N5S3/c63-32-34-31-51(65-45-19-7-1-16-41(45)55-48(65)28-25-38-35-13-4-10-22-52(35)68-60(38)55)44(33-64)59(67-47-21-9-3-18-43(47)57-50(67)30-27-40-37-15-6-12-24-54(37)70-62(40)57)58(34)66-46-20-8-2-17-42(46)56-49(66)29-26-39-36-14-5-11-23-53(36)69-61(39)56/h1-31H. The van der Waals surface area contributed by atoms with Crippen LogP contribution in [0.5, 0.6) is 0 Å². The summed E-state index contributed by atoms with van der Waals surface area (Å²) in [6.45, 7) is 0. The maximum atomic E-state index is 12.2. The van der Waals surface area contributed by atoms with E-state index < -0.39 is 0 Å². The summed E-state index contributed by atoms with van der Waals surface area (Å²) < 4.78 is 14.1. The molecule has 0 radical (unpaired) electrons. The van der Waals surface area contributed by atoms with E-state index in [2.05, 4.69) is 208 Å². The summed E-state index contributed by atoms with van der Waals surface area (Å²) >= 11 is 5.42. The molecule has 5 nitrogen and oxygen atoms in total. The van der Waals surface area contributed by atoms with Gasteiger partial charge in [0.05, 0.1) is 55.7 Å². The van der Waals surface area contributed by atoms with Crippen LogP contribution in [0.1, 0.15) is 11.1 Å². The van der Waals surface area contributed by atoms with Gasteiger partial charge >= 0.3 is 0 Å². The summed E-state index contributed by atoms with van der Waals surface area (Å²) in [7, 11) is 0. The summed E-state index contributed by atoms with van der Waals surface area (Å²) in [6, 6.07) is 72.5. The van der Waals surface area contributed by atoms with E-state index in [1.54, 1.807) is 11.3 Å². The molecule has 0 aliphatic carbocycles. The van der Waals surface area contributed by atoms with Crippen molar-refractivity contribution < 1.29 is 0 Å². The number of rotatable bonds is 3. The maximum Gasteiger partial charge on any atom is 0.104 e. The van der Waals surface area contributed by atoms with Crippen LogP contribution in [0.15, 0.2) is 188 Å². The third kappa shape index (κ3) is 4.82. The van der Waals surface area contributed by atoms with Gasteiger partial charge < -0.3 is 13.7 Å². The molecule has 8 heteroatoms. The molecule has 16 aromatic rings. The highest BCUT2D eigenvalue weighted by molar-refractivity contribution is 7.27. The number of benzene rings is 10. The molecule has 16 rings (SSSR count). The summed E-state index contributed by atoms with van der Waals surface area (Å²) in [5.41, 5.74) is 8.76. The number of thiophene rings is 3. The Morgan fingerprint density at radius 2 is 0.671 bits per heavy atom. The number of nitrogens with zero attached hydrogens (tertiary/aromatic N) is 5. The van der Waals surface area contributed by atoms with Gasteiger partial charge in [0.1, 0.15) is 17.7 Å². The second kappa shape index (κ2) is 13.9. The molecule has 0 N–H and O–H groups in total. The topological polar surface area (TPSA) is 62.4 Å². The minimum absolute atomic E-state index is 0.464. The van der Waals surface area contributed by atoms with E-state index in [-0.39, 0.29) is 0 Å². The van der Waals surface area contributed by atoms with E-state index in [1.807, 2.05) is 28.7 Å². The van der Waals surface area contributed by atoms with E-state index in [9.17, 15) is 10.5 Å². The van der Waals surface area contributed by atoms with Crippen molar-refractivity contribution in [3.05, 3.63) is 199 Å². The van der Waals surface area contributed by atoms with E-state index in [0.717, 1.165) is 65.4 Å². The molecular weight excluding hydrogens is 911 g/mol. The molecule has 70 heavy (non-hydrogen) atoms. The zero-order valence-electron chi connectivity index (χ0n) is 36.9. The van der Waals surface area contributed by atoms with Gasteiger partial charge in [-0.05, 0) is 60.7 Å². The second-order valence-electron chi connectivity index (χ2n) is 18.1. The van der Waals surface area contributed by atoms with Crippen LogP contribution in [0.3, 0.4) is 0 Å². The molecular formula is C62H31N5S3. The summed E-state index contributed by atoms with van der Waals surface area (Å²) in [5.74, 6) is 0. The first kappa shape index (κ1) is 38.2. The van der Waals surface area contributed by atoms with Gasteiger partial charge in [0, 0.05) is 92.8 Å². The van der Waals surface area contributed by atoms with Gasteiger partial charge in [-0.2, -0.15) is 10.5 Å². The lowest BCUT2D eigenvalue weighted by molar-refractivity contribution is 1.06. The Labute approximate surface area is 409 Å². The average Bonchev–Trinajstić information content (AvgIpc) is 4.26. The Balaban J connectivity index is 1.12. The van der Waals surface area contributed by atoms with Crippen molar-refractivity contribution in [1.82, 2.24) is 13.7 Å². The Bertz CT molecular complexity index is 5110. The Hall–Kier alpha value is -8.76. The zero-order chi connectivity index (χ0) is 45.9. The largest absolute Gasteiger partial charge is 0.308 e. The van der Waals surface area contributed by atoms with Crippen LogP contribution in [0, 0.1) is 22.7 Å². The minimum Gasteiger partial charge on any atom is -0.308 e. The van der Waals surface area contributed by atoms with Crippen molar-refractivity contribution in [2.24, 2.45) is 0 Å². The molecule has 0 aliphatic rings. The van der Waals surface area contributed by atoms with Gasteiger partial charge in [-0.3, -0.25) is 0 Å². The van der Waals surface area contributed by atoms with Crippen molar-refractivity contribution >= 4 is 160 Å². The fraction of sp³-hybridized carbons (Fsp3) is 0. The van der Waals surface area contributed by atoms with Crippen LogP contribution in [0.4, 0.5) is 0 Å². The highest BCUT2D eigenvalue weighted by Crippen LogP contribution is 2.50. The normalized spacial score (nSPS) is 12.3. The summed E-state index contributed by atoms with van der Waals surface area (Å²) in [5, 5.41) is 38.1. The maximum absolute atomic E-state index is 12.2. The van der Waals surface area contributed by atoms with Crippen LogP contribution < -0.4 is 0 Å². The molecule has 0 atom stereocenters. The smallest absolute Gasteiger partial charge is 0.104 e.